The van der Waals surface area contributed by atoms with Gasteiger partial charge in [0.1, 0.15) is 5.82 Å². The molecule has 5 heteroatoms. The summed E-state index contributed by atoms with van der Waals surface area (Å²) in [5, 5.41) is 2.78. The SMILES string of the molecule is Cc1cc(NC(=O)CC2(N)CCC2)ncc1Br. The second-order valence-electron chi connectivity index (χ2n) is 4.76. The molecule has 0 spiro atoms. The van der Waals surface area contributed by atoms with Crippen LogP contribution in [-0.4, -0.2) is 16.4 Å². The Labute approximate surface area is 109 Å². The number of aromatic nitrogens is 1. The lowest BCUT2D eigenvalue weighted by Crippen LogP contribution is -2.48. The number of nitrogens with zero attached hydrogens (tertiary/aromatic N) is 1. The molecule has 3 N–H and O–H groups in total. The van der Waals surface area contributed by atoms with Crippen molar-refractivity contribution in [1.82, 2.24) is 4.98 Å². The summed E-state index contributed by atoms with van der Waals surface area (Å²) in [6.07, 6.45) is 5.07. The Morgan fingerprint density at radius 2 is 2.35 bits per heavy atom. The van der Waals surface area contributed by atoms with Crippen LogP contribution < -0.4 is 11.1 Å². The summed E-state index contributed by atoms with van der Waals surface area (Å²) in [6, 6.07) is 1.84. The van der Waals surface area contributed by atoms with Crippen molar-refractivity contribution in [2.75, 3.05) is 5.32 Å². The molecule has 0 bridgehead atoms. The standard InChI is InChI=1S/C12H16BrN3O/c1-8-5-10(15-7-9(8)13)16-11(17)6-12(14)3-2-4-12/h5,7H,2-4,6,14H2,1H3,(H,15,16,17). The Balaban J connectivity index is 1.95. The van der Waals surface area contributed by atoms with Crippen molar-refractivity contribution in [2.45, 2.75) is 38.1 Å². The van der Waals surface area contributed by atoms with Gasteiger partial charge < -0.3 is 11.1 Å². The van der Waals surface area contributed by atoms with E-state index in [-0.39, 0.29) is 11.4 Å². The van der Waals surface area contributed by atoms with Gasteiger partial charge in [-0.05, 0) is 53.7 Å². The van der Waals surface area contributed by atoms with Crippen LogP contribution in [0.15, 0.2) is 16.7 Å². The van der Waals surface area contributed by atoms with E-state index in [9.17, 15) is 4.79 Å². The average molecular weight is 298 g/mol. The highest BCUT2D eigenvalue weighted by molar-refractivity contribution is 9.10. The van der Waals surface area contributed by atoms with Crippen molar-refractivity contribution >= 4 is 27.7 Å². The van der Waals surface area contributed by atoms with E-state index in [0.717, 1.165) is 29.3 Å². The Morgan fingerprint density at radius 3 is 2.88 bits per heavy atom. The number of rotatable bonds is 3. The number of nitrogens with two attached hydrogens (primary N) is 1. The Morgan fingerprint density at radius 1 is 1.65 bits per heavy atom. The summed E-state index contributed by atoms with van der Waals surface area (Å²) < 4.78 is 0.935. The number of nitrogens with one attached hydrogen (secondary N) is 1. The van der Waals surface area contributed by atoms with E-state index < -0.39 is 0 Å². The normalized spacial score (nSPS) is 17.4. The molecule has 2 rings (SSSR count). The lowest BCUT2D eigenvalue weighted by atomic mass is 9.75. The zero-order valence-electron chi connectivity index (χ0n) is 9.79. The summed E-state index contributed by atoms with van der Waals surface area (Å²) in [7, 11) is 0. The number of carbonyl (C=O) groups is 1. The van der Waals surface area contributed by atoms with E-state index in [4.69, 9.17) is 5.73 Å². The molecule has 0 aliphatic heterocycles. The second kappa shape index (κ2) is 4.74. The Kier molecular flexibility index (Phi) is 3.49. The van der Waals surface area contributed by atoms with Crippen LogP contribution >= 0.6 is 15.9 Å². The van der Waals surface area contributed by atoms with E-state index in [0.29, 0.717) is 12.2 Å². The van der Waals surface area contributed by atoms with Gasteiger partial charge in [0.25, 0.3) is 0 Å². The molecule has 1 heterocycles. The molecule has 0 aromatic carbocycles. The molecule has 0 saturated heterocycles. The van der Waals surface area contributed by atoms with Crippen LogP contribution in [-0.2, 0) is 4.79 Å². The quantitative estimate of drug-likeness (QED) is 0.900. The van der Waals surface area contributed by atoms with Gasteiger partial charge in [-0.1, -0.05) is 0 Å². The molecular formula is C12H16BrN3O. The molecular weight excluding hydrogens is 282 g/mol. The maximum Gasteiger partial charge on any atom is 0.227 e. The van der Waals surface area contributed by atoms with Gasteiger partial charge >= 0.3 is 0 Å². The summed E-state index contributed by atoms with van der Waals surface area (Å²) in [6.45, 7) is 1.96. The fraction of sp³-hybridized carbons (Fsp3) is 0.500. The minimum atomic E-state index is -0.283. The third-order valence-corrected chi connectivity index (χ3v) is 4.01. The molecule has 1 amide bonds. The van der Waals surface area contributed by atoms with Crippen LogP contribution in [0.25, 0.3) is 0 Å². The van der Waals surface area contributed by atoms with Crippen molar-refractivity contribution in [3.05, 3.63) is 22.3 Å². The van der Waals surface area contributed by atoms with E-state index in [2.05, 4.69) is 26.2 Å². The zero-order valence-corrected chi connectivity index (χ0v) is 11.4. The third-order valence-electron chi connectivity index (χ3n) is 3.18. The molecule has 17 heavy (non-hydrogen) atoms. The fourth-order valence-corrected chi connectivity index (χ4v) is 2.14. The molecule has 1 aromatic rings. The smallest absolute Gasteiger partial charge is 0.227 e. The van der Waals surface area contributed by atoms with E-state index in [1.54, 1.807) is 6.20 Å². The summed E-state index contributed by atoms with van der Waals surface area (Å²) in [5.74, 6) is 0.528. The van der Waals surface area contributed by atoms with Crippen molar-refractivity contribution < 1.29 is 4.79 Å². The van der Waals surface area contributed by atoms with Crippen LogP contribution in [0.2, 0.25) is 0 Å². The highest BCUT2D eigenvalue weighted by Gasteiger charge is 2.34. The molecule has 92 valence electrons. The predicted molar refractivity (Wildman–Crippen MR) is 70.7 cm³/mol. The summed E-state index contributed by atoms with van der Waals surface area (Å²) >= 11 is 3.37. The van der Waals surface area contributed by atoms with Crippen LogP contribution in [0.4, 0.5) is 5.82 Å². The zero-order chi connectivity index (χ0) is 12.5. The van der Waals surface area contributed by atoms with Crippen molar-refractivity contribution in [2.24, 2.45) is 5.73 Å². The first-order valence-electron chi connectivity index (χ1n) is 5.69. The maximum atomic E-state index is 11.8. The first-order chi connectivity index (χ1) is 7.98. The monoisotopic (exact) mass is 297 g/mol. The molecule has 1 saturated carbocycles. The lowest BCUT2D eigenvalue weighted by Gasteiger charge is -2.37. The molecule has 0 unspecified atom stereocenters. The van der Waals surface area contributed by atoms with Crippen LogP contribution in [0.1, 0.15) is 31.2 Å². The topological polar surface area (TPSA) is 68.0 Å². The number of carbonyl (C=O) groups excluding carboxylic acids is 1. The first-order valence-corrected chi connectivity index (χ1v) is 6.49. The number of aryl methyl sites for hydroxylation is 1. The molecule has 1 aliphatic carbocycles. The van der Waals surface area contributed by atoms with E-state index in [1.807, 2.05) is 13.0 Å². The molecule has 0 radical (unpaired) electrons. The van der Waals surface area contributed by atoms with Crippen LogP contribution in [0.3, 0.4) is 0 Å². The van der Waals surface area contributed by atoms with Crippen LogP contribution in [0.5, 0.6) is 0 Å². The maximum absolute atomic E-state index is 11.8. The number of anilines is 1. The van der Waals surface area contributed by atoms with Crippen LogP contribution in [0, 0.1) is 6.92 Å². The van der Waals surface area contributed by atoms with Crippen molar-refractivity contribution in [3.63, 3.8) is 0 Å². The van der Waals surface area contributed by atoms with Gasteiger partial charge in [0.05, 0.1) is 0 Å². The number of hydrogen-bond acceptors (Lipinski definition) is 3. The van der Waals surface area contributed by atoms with Gasteiger partial charge in [-0.15, -0.1) is 0 Å². The molecule has 0 atom stereocenters. The highest BCUT2D eigenvalue weighted by Crippen LogP contribution is 2.32. The van der Waals surface area contributed by atoms with E-state index >= 15 is 0 Å². The predicted octanol–water partition coefficient (Wildman–Crippen LogP) is 2.36. The lowest BCUT2D eigenvalue weighted by molar-refractivity contribution is -0.118. The average Bonchev–Trinajstić information content (AvgIpc) is 2.21. The minimum Gasteiger partial charge on any atom is -0.325 e. The highest BCUT2D eigenvalue weighted by atomic mass is 79.9. The van der Waals surface area contributed by atoms with Gasteiger partial charge in [0.15, 0.2) is 0 Å². The number of amides is 1. The third kappa shape index (κ3) is 3.04. The van der Waals surface area contributed by atoms with Gasteiger partial charge in [-0.25, -0.2) is 4.98 Å². The Hall–Kier alpha value is -0.940. The number of pyridine rings is 1. The first kappa shape index (κ1) is 12.5. The van der Waals surface area contributed by atoms with Gasteiger partial charge in [0, 0.05) is 22.6 Å². The molecule has 1 aromatic heterocycles. The molecule has 1 aliphatic rings. The van der Waals surface area contributed by atoms with Gasteiger partial charge in [0.2, 0.25) is 5.91 Å². The molecule has 1 fully saturated rings. The fourth-order valence-electron chi connectivity index (χ4n) is 1.92. The van der Waals surface area contributed by atoms with Crippen molar-refractivity contribution in [1.29, 1.82) is 0 Å². The summed E-state index contributed by atoms with van der Waals surface area (Å²) in [5.41, 5.74) is 6.78. The molecule has 4 nitrogen and oxygen atoms in total. The number of hydrogen-bond donors (Lipinski definition) is 2. The van der Waals surface area contributed by atoms with Crippen molar-refractivity contribution in [3.8, 4) is 0 Å². The summed E-state index contributed by atoms with van der Waals surface area (Å²) in [4.78, 5) is 15.9. The second-order valence-corrected chi connectivity index (χ2v) is 5.61. The van der Waals surface area contributed by atoms with Gasteiger partial charge in [-0.2, -0.15) is 0 Å². The van der Waals surface area contributed by atoms with E-state index in [1.165, 1.54) is 0 Å². The minimum absolute atomic E-state index is 0.0542. The largest absolute Gasteiger partial charge is 0.325 e. The Bertz CT molecular complexity index is 443. The van der Waals surface area contributed by atoms with Gasteiger partial charge in [-0.3, -0.25) is 4.79 Å². The number of halogens is 1.